The Balaban J connectivity index is 1.10. The van der Waals surface area contributed by atoms with Crippen LogP contribution < -0.4 is 0 Å². The molecular formula is C57H35N3S2. The number of hydrogen-bond donors (Lipinski definition) is 0. The molecule has 5 heteroatoms. The summed E-state index contributed by atoms with van der Waals surface area (Å²) in [4.78, 5) is 15.3. The Morgan fingerprint density at radius 1 is 0.290 bits per heavy atom. The van der Waals surface area contributed by atoms with Gasteiger partial charge in [0.05, 0.1) is 11.4 Å². The molecule has 0 bridgehead atoms. The number of nitrogens with zero attached hydrogens (tertiary/aromatic N) is 3. The Morgan fingerprint density at radius 3 is 1.45 bits per heavy atom. The van der Waals surface area contributed by atoms with Crippen molar-refractivity contribution in [1.29, 1.82) is 0 Å². The summed E-state index contributed by atoms with van der Waals surface area (Å²) in [5.41, 5.74) is 13.6. The molecule has 0 radical (unpaired) electrons. The zero-order valence-corrected chi connectivity index (χ0v) is 35.0. The molecule has 4 heterocycles. The van der Waals surface area contributed by atoms with Crippen LogP contribution in [-0.4, -0.2) is 15.0 Å². The lowest BCUT2D eigenvalue weighted by atomic mass is 9.93. The highest BCUT2D eigenvalue weighted by Crippen LogP contribution is 2.42. The third kappa shape index (κ3) is 6.56. The maximum absolute atomic E-state index is 5.47. The quantitative estimate of drug-likeness (QED) is 0.161. The van der Waals surface area contributed by atoms with E-state index in [0.29, 0.717) is 5.82 Å². The number of aromatic nitrogens is 3. The number of benzene rings is 8. The van der Waals surface area contributed by atoms with Gasteiger partial charge in [0.2, 0.25) is 0 Å². The first-order valence-corrected chi connectivity index (χ1v) is 22.4. The molecule has 0 aliphatic carbocycles. The van der Waals surface area contributed by atoms with Gasteiger partial charge in [0.25, 0.3) is 0 Å². The van der Waals surface area contributed by atoms with Gasteiger partial charge in [-0.3, -0.25) is 4.98 Å². The average molecular weight is 826 g/mol. The monoisotopic (exact) mass is 825 g/mol. The summed E-state index contributed by atoms with van der Waals surface area (Å²) >= 11 is 3.69. The molecule has 4 aromatic heterocycles. The number of rotatable bonds is 7. The van der Waals surface area contributed by atoms with E-state index in [1.54, 1.807) is 0 Å². The highest BCUT2D eigenvalue weighted by molar-refractivity contribution is 7.26. The molecule has 0 saturated heterocycles. The molecule has 8 aromatic carbocycles. The number of thiophene rings is 2. The van der Waals surface area contributed by atoms with E-state index in [1.807, 2.05) is 41.1 Å². The van der Waals surface area contributed by atoms with E-state index in [2.05, 4.69) is 199 Å². The van der Waals surface area contributed by atoms with Crippen molar-refractivity contribution in [1.82, 2.24) is 15.0 Å². The van der Waals surface area contributed by atoms with Crippen LogP contribution in [0.25, 0.3) is 119 Å². The van der Waals surface area contributed by atoms with Crippen LogP contribution in [0, 0.1) is 0 Å². The smallest absolute Gasteiger partial charge is 0.161 e. The highest BCUT2D eigenvalue weighted by Gasteiger charge is 2.18. The molecule has 0 N–H and O–H groups in total. The molecule has 0 amide bonds. The number of hydrogen-bond acceptors (Lipinski definition) is 5. The molecule has 0 spiro atoms. The molecule has 62 heavy (non-hydrogen) atoms. The van der Waals surface area contributed by atoms with Crippen molar-refractivity contribution < 1.29 is 0 Å². The van der Waals surface area contributed by atoms with Gasteiger partial charge in [-0.15, -0.1) is 22.7 Å². The molecule has 0 fully saturated rings. The molecule has 290 valence electrons. The van der Waals surface area contributed by atoms with Crippen LogP contribution in [0.1, 0.15) is 0 Å². The second-order valence-corrected chi connectivity index (χ2v) is 17.8. The van der Waals surface area contributed by atoms with Crippen LogP contribution >= 0.6 is 22.7 Å². The first-order valence-electron chi connectivity index (χ1n) is 20.7. The second kappa shape index (κ2) is 15.2. The van der Waals surface area contributed by atoms with E-state index in [1.165, 1.54) is 51.5 Å². The SMILES string of the molecule is c1ccc(-c2cccc(-c3cc(-c4cc(-c5ccc6sc7ccccc7c6c5)cc(-c5ccc6sc7ccccc7c6c5)c4)nc(-c4ccccc4-c4cccnc4)n3)c2)cc1. The van der Waals surface area contributed by atoms with Crippen molar-refractivity contribution in [3.8, 4) is 78.4 Å². The molecule has 0 atom stereocenters. The summed E-state index contributed by atoms with van der Waals surface area (Å²) in [6.45, 7) is 0. The number of fused-ring (bicyclic) bond motifs is 6. The fourth-order valence-corrected chi connectivity index (χ4v) is 10.9. The van der Waals surface area contributed by atoms with Gasteiger partial charge in [-0.2, -0.15) is 0 Å². The van der Waals surface area contributed by atoms with Gasteiger partial charge in [-0.1, -0.05) is 127 Å². The van der Waals surface area contributed by atoms with Gasteiger partial charge in [0.1, 0.15) is 0 Å². The number of pyridine rings is 1. The summed E-state index contributed by atoms with van der Waals surface area (Å²) < 4.78 is 5.18. The van der Waals surface area contributed by atoms with Crippen molar-refractivity contribution >= 4 is 63.0 Å². The van der Waals surface area contributed by atoms with Crippen LogP contribution in [0.3, 0.4) is 0 Å². The van der Waals surface area contributed by atoms with Gasteiger partial charge < -0.3 is 0 Å². The van der Waals surface area contributed by atoms with Crippen LogP contribution in [0.15, 0.2) is 213 Å². The topological polar surface area (TPSA) is 38.7 Å². The van der Waals surface area contributed by atoms with Crippen molar-refractivity contribution in [3.63, 3.8) is 0 Å². The highest BCUT2D eigenvalue weighted by atomic mass is 32.1. The summed E-state index contributed by atoms with van der Waals surface area (Å²) in [7, 11) is 0. The van der Waals surface area contributed by atoms with Gasteiger partial charge >= 0.3 is 0 Å². The zero-order chi connectivity index (χ0) is 41.0. The van der Waals surface area contributed by atoms with Crippen molar-refractivity contribution in [2.45, 2.75) is 0 Å². The van der Waals surface area contributed by atoms with Gasteiger partial charge in [0.15, 0.2) is 5.82 Å². The predicted octanol–water partition coefficient (Wildman–Crippen LogP) is 16.3. The largest absolute Gasteiger partial charge is 0.264 e. The van der Waals surface area contributed by atoms with E-state index in [4.69, 9.17) is 9.97 Å². The third-order valence-corrected chi connectivity index (χ3v) is 14.1. The molecule has 0 saturated carbocycles. The van der Waals surface area contributed by atoms with Gasteiger partial charge in [-0.25, -0.2) is 9.97 Å². The van der Waals surface area contributed by atoms with Crippen molar-refractivity contribution in [3.05, 3.63) is 213 Å². The normalized spacial score (nSPS) is 11.5. The van der Waals surface area contributed by atoms with E-state index in [9.17, 15) is 0 Å². The van der Waals surface area contributed by atoms with Crippen LogP contribution in [0.2, 0.25) is 0 Å². The first kappa shape index (κ1) is 36.3. The average Bonchev–Trinajstić information content (AvgIpc) is 3.92. The van der Waals surface area contributed by atoms with E-state index >= 15 is 0 Å². The van der Waals surface area contributed by atoms with Crippen LogP contribution in [0.5, 0.6) is 0 Å². The Labute approximate surface area is 366 Å². The van der Waals surface area contributed by atoms with Crippen LogP contribution in [0.4, 0.5) is 0 Å². The molecule has 0 unspecified atom stereocenters. The fraction of sp³-hybridized carbons (Fsp3) is 0. The molecular weight excluding hydrogens is 791 g/mol. The van der Waals surface area contributed by atoms with E-state index < -0.39 is 0 Å². The Kier molecular flexibility index (Phi) is 8.87. The fourth-order valence-electron chi connectivity index (χ4n) is 8.72. The second-order valence-electron chi connectivity index (χ2n) is 15.6. The summed E-state index contributed by atoms with van der Waals surface area (Å²) in [6.07, 6.45) is 3.71. The summed E-state index contributed by atoms with van der Waals surface area (Å²) in [5, 5.41) is 5.13. The minimum absolute atomic E-state index is 0.659. The Morgan fingerprint density at radius 2 is 0.790 bits per heavy atom. The van der Waals surface area contributed by atoms with Crippen molar-refractivity contribution in [2.75, 3.05) is 0 Å². The van der Waals surface area contributed by atoms with E-state index in [0.717, 1.165) is 61.5 Å². The minimum atomic E-state index is 0.659. The van der Waals surface area contributed by atoms with E-state index in [-0.39, 0.29) is 0 Å². The molecule has 3 nitrogen and oxygen atoms in total. The third-order valence-electron chi connectivity index (χ3n) is 11.8. The summed E-state index contributed by atoms with van der Waals surface area (Å²) in [6, 6.07) is 72.0. The lowest BCUT2D eigenvalue weighted by Crippen LogP contribution is -1.98. The minimum Gasteiger partial charge on any atom is -0.264 e. The first-order chi connectivity index (χ1) is 30.7. The molecule has 0 aliphatic heterocycles. The van der Waals surface area contributed by atoms with Crippen LogP contribution in [-0.2, 0) is 0 Å². The molecule has 12 rings (SSSR count). The molecule has 12 aromatic rings. The standard InChI is InChI=1S/C57H35N3S2/c1-2-12-36(13-3-1)37-14-10-15-40(28-37)51-34-52(60-57(59-51)48-20-5-4-17-45(48)41-16-11-27-58-35-41)44-30-42(38-23-25-55-49(32-38)46-18-6-8-21-53(46)61-55)29-43(31-44)39-24-26-56-50(33-39)47-19-7-9-22-54(47)62-56/h1-35H. The summed E-state index contributed by atoms with van der Waals surface area (Å²) in [5.74, 6) is 0.659. The van der Waals surface area contributed by atoms with Gasteiger partial charge in [0, 0.05) is 75.0 Å². The maximum Gasteiger partial charge on any atom is 0.161 e. The lowest BCUT2D eigenvalue weighted by Gasteiger charge is -2.15. The van der Waals surface area contributed by atoms with Crippen molar-refractivity contribution in [2.24, 2.45) is 0 Å². The predicted molar refractivity (Wildman–Crippen MR) is 264 cm³/mol. The Hall–Kier alpha value is -7.57. The molecule has 0 aliphatic rings. The Bertz CT molecular complexity index is 3510. The lowest BCUT2D eigenvalue weighted by molar-refractivity contribution is 1.18. The zero-order valence-electron chi connectivity index (χ0n) is 33.4. The maximum atomic E-state index is 5.47. The van der Waals surface area contributed by atoms with Gasteiger partial charge in [-0.05, 0) is 112 Å².